The molecule has 1 unspecified atom stereocenters. The van der Waals surface area contributed by atoms with Crippen molar-refractivity contribution in [1.29, 1.82) is 0 Å². The summed E-state index contributed by atoms with van der Waals surface area (Å²) in [4.78, 5) is 1.27. The highest BCUT2D eigenvalue weighted by Gasteiger charge is 2.14. The third-order valence-electron chi connectivity index (χ3n) is 2.88. The van der Waals surface area contributed by atoms with E-state index < -0.39 is 0 Å². The number of nitrogens with one attached hydrogen (secondary N) is 1. The van der Waals surface area contributed by atoms with Crippen molar-refractivity contribution >= 4 is 23.1 Å². The summed E-state index contributed by atoms with van der Waals surface area (Å²) in [6, 6.07) is 8.98. The van der Waals surface area contributed by atoms with Crippen molar-refractivity contribution in [3.8, 4) is 0 Å². The fourth-order valence-electron chi connectivity index (χ4n) is 1.96. The second kappa shape index (κ2) is 7.62. The van der Waals surface area contributed by atoms with Crippen molar-refractivity contribution in [3.05, 3.63) is 35.3 Å². The molecule has 0 bridgehead atoms. The van der Waals surface area contributed by atoms with Gasteiger partial charge < -0.3 is 5.32 Å². The average Bonchev–Trinajstić information content (AvgIpc) is 2.94. The lowest BCUT2D eigenvalue weighted by Crippen LogP contribution is -2.21. The second-order valence-electron chi connectivity index (χ2n) is 4.26. The average molecular weight is 293 g/mol. The van der Waals surface area contributed by atoms with Crippen LogP contribution in [0.25, 0.3) is 0 Å². The van der Waals surface area contributed by atoms with Crippen LogP contribution in [0.5, 0.6) is 0 Å². The largest absolute Gasteiger partial charge is 0.310 e. The van der Waals surface area contributed by atoms with E-state index in [9.17, 15) is 0 Å². The maximum atomic E-state index is 4.11. The fraction of sp³-hybridized carbons (Fsp3) is 0.429. The summed E-state index contributed by atoms with van der Waals surface area (Å²) in [5, 5.41) is 11.6. The van der Waals surface area contributed by atoms with Gasteiger partial charge >= 0.3 is 0 Å². The van der Waals surface area contributed by atoms with Crippen molar-refractivity contribution in [2.24, 2.45) is 0 Å². The minimum atomic E-state index is 0.413. The minimum Gasteiger partial charge on any atom is -0.310 e. The molecule has 2 aromatic rings. The lowest BCUT2D eigenvalue weighted by atomic mass is 10.0. The maximum Gasteiger partial charge on any atom is 0.178 e. The smallest absolute Gasteiger partial charge is 0.178 e. The standard InChI is InChI=1S/C14H19N3S2/c1-3-9-15-12(4-2)11-7-5-6-8-13(11)19-14-17-16-10-18-14/h5-8,10,12,15H,3-4,9H2,1-2H3. The van der Waals surface area contributed by atoms with Gasteiger partial charge in [0.05, 0.1) is 0 Å². The first-order valence-corrected chi connectivity index (χ1v) is 8.31. The van der Waals surface area contributed by atoms with Crippen LogP contribution in [0.15, 0.2) is 39.0 Å². The zero-order valence-electron chi connectivity index (χ0n) is 11.3. The molecule has 102 valence electrons. The van der Waals surface area contributed by atoms with E-state index >= 15 is 0 Å². The van der Waals surface area contributed by atoms with Crippen molar-refractivity contribution in [2.45, 2.75) is 42.0 Å². The molecule has 0 radical (unpaired) electrons. The molecular formula is C14H19N3S2. The van der Waals surface area contributed by atoms with Crippen LogP contribution in [-0.4, -0.2) is 16.7 Å². The Morgan fingerprint density at radius 1 is 1.32 bits per heavy atom. The number of hydrogen-bond acceptors (Lipinski definition) is 5. The van der Waals surface area contributed by atoms with Gasteiger partial charge in [0.25, 0.3) is 0 Å². The maximum absolute atomic E-state index is 4.11. The van der Waals surface area contributed by atoms with E-state index in [0.29, 0.717) is 6.04 Å². The summed E-state index contributed by atoms with van der Waals surface area (Å²) in [5.74, 6) is 0. The molecule has 3 nitrogen and oxygen atoms in total. The summed E-state index contributed by atoms with van der Waals surface area (Å²) in [6.45, 7) is 5.47. The Bertz CT molecular complexity index is 485. The highest BCUT2D eigenvalue weighted by molar-refractivity contribution is 8.01. The first-order chi connectivity index (χ1) is 9.35. The molecule has 0 saturated carbocycles. The molecule has 1 atom stereocenters. The summed E-state index contributed by atoms with van der Waals surface area (Å²) >= 11 is 3.29. The van der Waals surface area contributed by atoms with Crippen molar-refractivity contribution in [1.82, 2.24) is 15.5 Å². The normalized spacial score (nSPS) is 12.5. The van der Waals surface area contributed by atoms with E-state index in [1.165, 1.54) is 10.5 Å². The monoisotopic (exact) mass is 293 g/mol. The zero-order valence-corrected chi connectivity index (χ0v) is 12.9. The first kappa shape index (κ1) is 14.5. The van der Waals surface area contributed by atoms with Gasteiger partial charge in [-0.25, -0.2) is 0 Å². The SMILES string of the molecule is CCCNC(CC)c1ccccc1Sc1nncs1. The van der Waals surface area contributed by atoms with Crippen LogP contribution < -0.4 is 5.32 Å². The predicted octanol–water partition coefficient (Wildman–Crippen LogP) is 4.14. The van der Waals surface area contributed by atoms with Crippen molar-refractivity contribution in [2.75, 3.05) is 6.54 Å². The Morgan fingerprint density at radius 3 is 2.84 bits per heavy atom. The van der Waals surface area contributed by atoms with Crippen LogP contribution in [0, 0.1) is 0 Å². The van der Waals surface area contributed by atoms with Gasteiger partial charge in [-0.1, -0.05) is 55.1 Å². The number of hydrogen-bond donors (Lipinski definition) is 1. The molecule has 2 rings (SSSR count). The molecule has 0 aliphatic carbocycles. The van der Waals surface area contributed by atoms with Gasteiger partial charge in [0.15, 0.2) is 4.34 Å². The van der Waals surface area contributed by atoms with Gasteiger partial charge in [-0.05, 0) is 31.0 Å². The molecule has 1 aromatic carbocycles. The Balaban J connectivity index is 2.19. The lowest BCUT2D eigenvalue weighted by molar-refractivity contribution is 0.512. The van der Waals surface area contributed by atoms with Crippen molar-refractivity contribution < 1.29 is 0 Å². The van der Waals surface area contributed by atoms with E-state index in [-0.39, 0.29) is 0 Å². The fourth-order valence-corrected chi connectivity index (χ4v) is 3.58. The van der Waals surface area contributed by atoms with Gasteiger partial charge in [-0.15, -0.1) is 10.2 Å². The Kier molecular flexibility index (Phi) is 5.82. The van der Waals surface area contributed by atoms with Crippen LogP contribution in [0.4, 0.5) is 0 Å². The molecule has 0 spiro atoms. The first-order valence-electron chi connectivity index (χ1n) is 6.61. The molecule has 0 saturated heterocycles. The van der Waals surface area contributed by atoms with Gasteiger partial charge in [-0.2, -0.15) is 0 Å². The predicted molar refractivity (Wildman–Crippen MR) is 81.8 cm³/mol. The Morgan fingerprint density at radius 2 is 2.16 bits per heavy atom. The molecule has 1 N–H and O–H groups in total. The quantitative estimate of drug-likeness (QED) is 0.832. The van der Waals surface area contributed by atoms with E-state index in [1.54, 1.807) is 28.6 Å². The third kappa shape index (κ3) is 4.03. The summed E-state index contributed by atoms with van der Waals surface area (Å²) in [5.41, 5.74) is 3.14. The summed E-state index contributed by atoms with van der Waals surface area (Å²) < 4.78 is 0.998. The van der Waals surface area contributed by atoms with Crippen LogP contribution in [0.1, 0.15) is 38.3 Å². The third-order valence-corrected chi connectivity index (χ3v) is 4.75. The Labute approximate surface area is 122 Å². The zero-order chi connectivity index (χ0) is 13.5. The molecule has 0 aliphatic heterocycles. The van der Waals surface area contributed by atoms with E-state index in [0.717, 1.165) is 23.7 Å². The van der Waals surface area contributed by atoms with Gasteiger partial charge in [0.2, 0.25) is 0 Å². The highest BCUT2D eigenvalue weighted by atomic mass is 32.2. The second-order valence-corrected chi connectivity index (χ2v) is 6.38. The van der Waals surface area contributed by atoms with Crippen LogP contribution in [-0.2, 0) is 0 Å². The Hall–Kier alpha value is -0.910. The summed E-state index contributed by atoms with van der Waals surface area (Å²) in [7, 11) is 0. The van der Waals surface area contributed by atoms with E-state index in [4.69, 9.17) is 0 Å². The molecule has 19 heavy (non-hydrogen) atoms. The molecule has 0 aliphatic rings. The molecule has 1 heterocycles. The number of benzene rings is 1. The molecule has 0 fully saturated rings. The van der Waals surface area contributed by atoms with Gasteiger partial charge in [0.1, 0.15) is 5.51 Å². The molecular weight excluding hydrogens is 274 g/mol. The van der Waals surface area contributed by atoms with Crippen LogP contribution in [0.2, 0.25) is 0 Å². The summed E-state index contributed by atoms with van der Waals surface area (Å²) in [6.07, 6.45) is 2.25. The topological polar surface area (TPSA) is 37.8 Å². The van der Waals surface area contributed by atoms with Crippen LogP contribution >= 0.6 is 23.1 Å². The van der Waals surface area contributed by atoms with Gasteiger partial charge in [0, 0.05) is 10.9 Å². The van der Waals surface area contributed by atoms with Crippen LogP contribution in [0.3, 0.4) is 0 Å². The number of aromatic nitrogens is 2. The number of rotatable bonds is 7. The van der Waals surface area contributed by atoms with E-state index in [2.05, 4.69) is 53.6 Å². The molecule has 0 amide bonds. The van der Waals surface area contributed by atoms with Gasteiger partial charge in [-0.3, -0.25) is 0 Å². The van der Waals surface area contributed by atoms with E-state index in [1.807, 2.05) is 0 Å². The molecule has 5 heteroatoms. The lowest BCUT2D eigenvalue weighted by Gasteiger charge is -2.19. The van der Waals surface area contributed by atoms with Crippen molar-refractivity contribution in [3.63, 3.8) is 0 Å². The number of nitrogens with zero attached hydrogens (tertiary/aromatic N) is 2. The minimum absolute atomic E-state index is 0.413. The highest BCUT2D eigenvalue weighted by Crippen LogP contribution is 2.34. The molecule has 1 aromatic heterocycles.